The zero-order valence-electron chi connectivity index (χ0n) is 11.2. The molecule has 1 saturated carbocycles. The summed E-state index contributed by atoms with van der Waals surface area (Å²) in [5, 5.41) is 0. The number of hydrogen-bond donors (Lipinski definition) is 0. The summed E-state index contributed by atoms with van der Waals surface area (Å²) in [4.78, 5) is 0. The van der Waals surface area contributed by atoms with Gasteiger partial charge in [-0.2, -0.15) is 0 Å². The molecule has 0 atom stereocenters. The van der Waals surface area contributed by atoms with Gasteiger partial charge in [0.1, 0.15) is 0 Å². The molecule has 0 spiro atoms. The zero-order valence-corrected chi connectivity index (χ0v) is 11.2. The normalized spacial score (nSPS) is 25.3. The quantitative estimate of drug-likeness (QED) is 0.631. The number of benzene rings is 1. The summed E-state index contributed by atoms with van der Waals surface area (Å²) in [6.45, 7) is 4.35. The van der Waals surface area contributed by atoms with Crippen molar-refractivity contribution in [3.05, 3.63) is 47.5 Å². The first kappa shape index (κ1) is 12.4. The molecule has 92 valence electrons. The Morgan fingerprint density at radius 2 is 1.71 bits per heavy atom. The lowest BCUT2D eigenvalue weighted by atomic mass is 9.78. The number of hydrogen-bond acceptors (Lipinski definition) is 0. The molecule has 1 aromatic rings. The van der Waals surface area contributed by atoms with Gasteiger partial charge in [-0.3, -0.25) is 0 Å². The molecule has 0 bridgehead atoms. The molecule has 0 aromatic heterocycles. The molecule has 0 aliphatic heterocycles. The van der Waals surface area contributed by atoms with Crippen molar-refractivity contribution in [3.63, 3.8) is 0 Å². The summed E-state index contributed by atoms with van der Waals surface area (Å²) < 4.78 is 0. The average molecular weight is 228 g/mol. The first-order valence-corrected chi connectivity index (χ1v) is 7.05. The Morgan fingerprint density at radius 3 is 2.24 bits per heavy atom. The van der Waals surface area contributed by atoms with Crippen molar-refractivity contribution in [2.24, 2.45) is 5.92 Å². The summed E-state index contributed by atoms with van der Waals surface area (Å²) in [6.07, 6.45) is 11.2. The summed E-state index contributed by atoms with van der Waals surface area (Å²) >= 11 is 0. The summed E-state index contributed by atoms with van der Waals surface area (Å²) in [5.41, 5.74) is 3.01. The molecule has 0 radical (unpaired) electrons. The molecule has 1 fully saturated rings. The minimum Gasteiger partial charge on any atom is -0.0914 e. The fourth-order valence-corrected chi connectivity index (χ4v) is 2.94. The molecule has 1 aliphatic rings. The second-order valence-corrected chi connectivity index (χ2v) is 5.23. The molecule has 1 aromatic carbocycles. The maximum Gasteiger partial charge on any atom is -0.0162 e. The second kappa shape index (κ2) is 6.05. The van der Waals surface area contributed by atoms with Crippen molar-refractivity contribution in [2.45, 2.75) is 51.9 Å². The zero-order chi connectivity index (χ0) is 12.1. The molecule has 0 heterocycles. The van der Waals surface area contributed by atoms with Crippen LogP contribution in [-0.4, -0.2) is 0 Å². The van der Waals surface area contributed by atoms with E-state index in [2.05, 4.69) is 50.3 Å². The van der Waals surface area contributed by atoms with Crippen LogP contribution in [0.3, 0.4) is 0 Å². The molecule has 17 heavy (non-hydrogen) atoms. The molecule has 2 rings (SSSR count). The average Bonchev–Trinajstić information content (AvgIpc) is 2.40. The maximum atomic E-state index is 2.39. The fourth-order valence-electron chi connectivity index (χ4n) is 2.94. The van der Waals surface area contributed by atoms with Crippen LogP contribution in [0.4, 0.5) is 0 Å². The van der Waals surface area contributed by atoms with E-state index in [1.807, 2.05) is 0 Å². The van der Waals surface area contributed by atoms with Crippen LogP contribution in [0.25, 0.3) is 0 Å². The fraction of sp³-hybridized carbons (Fsp3) is 0.529. The van der Waals surface area contributed by atoms with Gasteiger partial charge in [0, 0.05) is 0 Å². The molecule has 1 aliphatic carbocycles. The van der Waals surface area contributed by atoms with Crippen LogP contribution in [0.5, 0.6) is 0 Å². The second-order valence-electron chi connectivity index (χ2n) is 5.23. The first-order valence-electron chi connectivity index (χ1n) is 7.05. The highest BCUT2D eigenvalue weighted by atomic mass is 14.2. The van der Waals surface area contributed by atoms with Crippen molar-refractivity contribution in [1.82, 2.24) is 0 Å². The SMILES string of the molecule is CC=CC1CCC(c2ccc(CC)cc2)CC1. The maximum absolute atomic E-state index is 2.39. The monoisotopic (exact) mass is 228 g/mol. The Kier molecular flexibility index (Phi) is 4.42. The Balaban J connectivity index is 1.95. The number of rotatable bonds is 3. The first-order chi connectivity index (χ1) is 8.33. The Hall–Kier alpha value is -1.04. The van der Waals surface area contributed by atoms with Gasteiger partial charge in [0.15, 0.2) is 0 Å². The van der Waals surface area contributed by atoms with Gasteiger partial charge in [-0.15, -0.1) is 0 Å². The van der Waals surface area contributed by atoms with E-state index in [9.17, 15) is 0 Å². The van der Waals surface area contributed by atoms with Gasteiger partial charge in [-0.25, -0.2) is 0 Å². The van der Waals surface area contributed by atoms with Gasteiger partial charge in [0.05, 0.1) is 0 Å². The van der Waals surface area contributed by atoms with E-state index in [0.717, 1.165) is 18.3 Å². The predicted octanol–water partition coefficient (Wildman–Crippen LogP) is 5.10. The Morgan fingerprint density at radius 1 is 1.06 bits per heavy atom. The highest BCUT2D eigenvalue weighted by molar-refractivity contribution is 5.25. The highest BCUT2D eigenvalue weighted by Crippen LogP contribution is 2.36. The lowest BCUT2D eigenvalue weighted by Crippen LogP contribution is -2.11. The van der Waals surface area contributed by atoms with Crippen molar-refractivity contribution in [1.29, 1.82) is 0 Å². The molecule has 0 amide bonds. The van der Waals surface area contributed by atoms with E-state index < -0.39 is 0 Å². The van der Waals surface area contributed by atoms with Crippen molar-refractivity contribution < 1.29 is 0 Å². The summed E-state index contributed by atoms with van der Waals surface area (Å²) in [6, 6.07) is 9.29. The smallest absolute Gasteiger partial charge is 0.0162 e. The molecule has 0 saturated heterocycles. The largest absolute Gasteiger partial charge is 0.0914 e. The van der Waals surface area contributed by atoms with Crippen molar-refractivity contribution in [3.8, 4) is 0 Å². The number of allylic oxidation sites excluding steroid dienone is 2. The van der Waals surface area contributed by atoms with Crippen LogP contribution in [0.15, 0.2) is 36.4 Å². The van der Waals surface area contributed by atoms with Crippen molar-refractivity contribution in [2.75, 3.05) is 0 Å². The van der Waals surface area contributed by atoms with Crippen LogP contribution in [0, 0.1) is 5.92 Å². The summed E-state index contributed by atoms with van der Waals surface area (Å²) in [7, 11) is 0. The lowest BCUT2D eigenvalue weighted by Gasteiger charge is -2.27. The molecular weight excluding hydrogens is 204 g/mol. The van der Waals surface area contributed by atoms with Gasteiger partial charge in [-0.05, 0) is 62.0 Å². The van der Waals surface area contributed by atoms with Crippen LogP contribution in [0.1, 0.15) is 56.6 Å². The van der Waals surface area contributed by atoms with Crippen LogP contribution in [0.2, 0.25) is 0 Å². The van der Waals surface area contributed by atoms with E-state index in [1.54, 1.807) is 5.56 Å². The topological polar surface area (TPSA) is 0 Å². The standard InChI is InChI=1S/C17H24/c1-3-5-15-8-12-17(13-9-15)16-10-6-14(4-2)7-11-16/h3,5-7,10-11,15,17H,4,8-9,12-13H2,1-2H3. The van der Waals surface area contributed by atoms with E-state index in [0.29, 0.717) is 0 Å². The van der Waals surface area contributed by atoms with E-state index in [4.69, 9.17) is 0 Å². The third kappa shape index (κ3) is 3.21. The van der Waals surface area contributed by atoms with Gasteiger partial charge >= 0.3 is 0 Å². The minimum absolute atomic E-state index is 0.808. The highest BCUT2D eigenvalue weighted by Gasteiger charge is 2.20. The number of aryl methyl sites for hydroxylation is 1. The molecule has 0 heteroatoms. The lowest BCUT2D eigenvalue weighted by molar-refractivity contribution is 0.375. The molecular formula is C17H24. The molecule has 0 unspecified atom stereocenters. The Labute approximate surface area is 106 Å². The summed E-state index contributed by atoms with van der Waals surface area (Å²) in [5.74, 6) is 1.65. The van der Waals surface area contributed by atoms with Crippen LogP contribution < -0.4 is 0 Å². The Bertz CT molecular complexity index is 350. The van der Waals surface area contributed by atoms with Crippen LogP contribution >= 0.6 is 0 Å². The predicted molar refractivity (Wildman–Crippen MR) is 75.3 cm³/mol. The van der Waals surface area contributed by atoms with Crippen molar-refractivity contribution >= 4 is 0 Å². The van der Waals surface area contributed by atoms with Gasteiger partial charge < -0.3 is 0 Å². The van der Waals surface area contributed by atoms with E-state index in [-0.39, 0.29) is 0 Å². The molecule has 0 nitrogen and oxygen atoms in total. The van der Waals surface area contributed by atoms with Crippen LogP contribution in [-0.2, 0) is 6.42 Å². The van der Waals surface area contributed by atoms with Gasteiger partial charge in [-0.1, -0.05) is 43.3 Å². The van der Waals surface area contributed by atoms with E-state index >= 15 is 0 Å². The van der Waals surface area contributed by atoms with E-state index in [1.165, 1.54) is 31.2 Å². The molecule has 0 N–H and O–H groups in total. The third-order valence-corrected chi connectivity index (χ3v) is 4.10. The van der Waals surface area contributed by atoms with Gasteiger partial charge in [0.25, 0.3) is 0 Å². The van der Waals surface area contributed by atoms with Gasteiger partial charge in [0.2, 0.25) is 0 Å². The minimum atomic E-state index is 0.808. The third-order valence-electron chi connectivity index (χ3n) is 4.10.